The monoisotopic (exact) mass is 489 g/mol. The van der Waals surface area contributed by atoms with Crippen LogP contribution in [0.3, 0.4) is 0 Å². The van der Waals surface area contributed by atoms with Crippen molar-refractivity contribution in [3.63, 3.8) is 0 Å². The summed E-state index contributed by atoms with van der Waals surface area (Å²) in [6, 6.07) is 12.2. The molecule has 176 valence electrons. The maximum absolute atomic E-state index is 12.9. The van der Waals surface area contributed by atoms with Crippen molar-refractivity contribution < 1.29 is 22.7 Å². The third-order valence-electron chi connectivity index (χ3n) is 4.99. The van der Waals surface area contributed by atoms with E-state index in [9.17, 15) is 13.2 Å². The number of ether oxygens (including phenoxy) is 2. The Hall–Kier alpha value is -3.11. The highest BCUT2D eigenvalue weighted by atomic mass is 32.2. The largest absolute Gasteiger partial charge is 0.493 e. The summed E-state index contributed by atoms with van der Waals surface area (Å²) in [4.78, 5) is 17.6. The number of methoxy groups -OCH3 is 2. The number of carbonyl (C=O) groups is 1. The van der Waals surface area contributed by atoms with Gasteiger partial charge in [-0.1, -0.05) is 25.1 Å². The molecule has 0 bridgehead atoms. The minimum atomic E-state index is -2.71. The second-order valence-corrected chi connectivity index (χ2v) is 8.91. The number of hydrogen-bond acceptors (Lipinski definition) is 7. The zero-order valence-electron chi connectivity index (χ0n) is 18.7. The number of hydrogen-bond donors (Lipinski definition) is 3. The van der Waals surface area contributed by atoms with Crippen molar-refractivity contribution in [3.05, 3.63) is 69.7 Å². The van der Waals surface area contributed by atoms with Gasteiger partial charge in [-0.2, -0.15) is 0 Å². The van der Waals surface area contributed by atoms with Crippen LogP contribution in [-0.2, 0) is 34.9 Å². The van der Waals surface area contributed by atoms with E-state index >= 15 is 0 Å². The maximum atomic E-state index is 12.9. The van der Waals surface area contributed by atoms with Gasteiger partial charge in [0.2, 0.25) is 16.8 Å². The molecule has 1 atom stereocenters. The number of amides is 1. The fourth-order valence-electron chi connectivity index (χ4n) is 3.32. The number of thiol groups is 1. The number of nitrogens with one attached hydrogen (secondary N) is 2. The van der Waals surface area contributed by atoms with E-state index in [1.54, 1.807) is 38.5 Å². The molecule has 3 aromatic rings. The minimum Gasteiger partial charge on any atom is -0.493 e. The lowest BCUT2D eigenvalue weighted by Gasteiger charge is -2.17. The van der Waals surface area contributed by atoms with Crippen molar-refractivity contribution in [2.75, 3.05) is 18.9 Å². The second kappa shape index (κ2) is 11.7. The van der Waals surface area contributed by atoms with Gasteiger partial charge >= 0.3 is 0 Å². The molecule has 8 nitrogen and oxygen atoms in total. The van der Waals surface area contributed by atoms with E-state index in [1.165, 1.54) is 11.3 Å². The molecule has 2 N–H and O–H groups in total. The molecule has 0 aliphatic carbocycles. The summed E-state index contributed by atoms with van der Waals surface area (Å²) in [6.07, 6.45) is 1.52. The summed E-state index contributed by atoms with van der Waals surface area (Å²) in [6.45, 7) is 2.04. The summed E-state index contributed by atoms with van der Waals surface area (Å²) < 4.78 is 34.6. The number of thiazole rings is 1. The van der Waals surface area contributed by atoms with Gasteiger partial charge in [0.1, 0.15) is 5.01 Å². The van der Waals surface area contributed by atoms with E-state index in [1.807, 2.05) is 30.5 Å². The molecule has 1 aromatic heterocycles. The summed E-state index contributed by atoms with van der Waals surface area (Å²) in [7, 11) is 0.409. The fourth-order valence-corrected chi connectivity index (χ4v) is 4.64. The predicted molar refractivity (Wildman–Crippen MR) is 130 cm³/mol. The van der Waals surface area contributed by atoms with Crippen LogP contribution in [0.15, 0.2) is 47.8 Å². The summed E-state index contributed by atoms with van der Waals surface area (Å²) in [5, 5.41) is 5.94. The van der Waals surface area contributed by atoms with Crippen LogP contribution in [0.1, 0.15) is 34.8 Å². The van der Waals surface area contributed by atoms with Crippen LogP contribution in [-0.4, -0.2) is 33.5 Å². The average molecular weight is 490 g/mol. The van der Waals surface area contributed by atoms with Crippen LogP contribution in [0.4, 0.5) is 5.69 Å². The quantitative estimate of drug-likeness (QED) is 0.357. The van der Waals surface area contributed by atoms with E-state index in [4.69, 9.17) is 9.47 Å². The van der Waals surface area contributed by atoms with Crippen molar-refractivity contribution in [3.8, 4) is 11.5 Å². The second-order valence-electron chi connectivity index (χ2n) is 7.29. The number of benzene rings is 2. The summed E-state index contributed by atoms with van der Waals surface area (Å²) >= 11 is 1.52. The Kier molecular flexibility index (Phi) is 8.67. The number of rotatable bonds is 11. The van der Waals surface area contributed by atoms with E-state index in [0.29, 0.717) is 23.6 Å². The normalized spacial score (nSPS) is 11.8. The van der Waals surface area contributed by atoms with Crippen LogP contribution in [0.5, 0.6) is 11.5 Å². The van der Waals surface area contributed by atoms with Gasteiger partial charge in [0, 0.05) is 11.1 Å². The lowest BCUT2D eigenvalue weighted by Crippen LogP contribution is -2.31. The van der Waals surface area contributed by atoms with E-state index < -0.39 is 10.9 Å². The minimum absolute atomic E-state index is 0.137. The molecule has 2 aromatic carbocycles. The maximum Gasteiger partial charge on any atom is 0.224 e. The first kappa shape index (κ1) is 24.5. The van der Waals surface area contributed by atoms with Crippen LogP contribution in [0.25, 0.3) is 0 Å². The third-order valence-corrected chi connectivity index (χ3v) is 6.44. The molecule has 3 rings (SSSR count). The fraction of sp³-hybridized carbons (Fsp3) is 0.304. The molecule has 0 radical (unpaired) electrons. The molecule has 0 saturated heterocycles. The highest BCUT2D eigenvalue weighted by Crippen LogP contribution is 2.28. The van der Waals surface area contributed by atoms with Gasteiger partial charge in [0.25, 0.3) is 0 Å². The van der Waals surface area contributed by atoms with Crippen LogP contribution in [0.2, 0.25) is 0 Å². The van der Waals surface area contributed by atoms with E-state index in [2.05, 4.69) is 15.0 Å². The topological polar surface area (TPSA) is 107 Å². The molecule has 1 amide bonds. The number of carbonyl (C=O) groups excluding carboxylic acids is 1. The van der Waals surface area contributed by atoms with Crippen molar-refractivity contribution in [1.82, 2.24) is 10.3 Å². The third kappa shape index (κ3) is 6.93. The number of aromatic nitrogens is 1. The van der Waals surface area contributed by atoms with Crippen LogP contribution < -0.4 is 19.5 Å². The SMILES string of the molecule is CCc1csc([C@H](Cc2ccc(N[SH](=O)=O)cc2)NC(=O)Cc2ccc(OC)c(OC)c2)n1. The average Bonchev–Trinajstić information content (AvgIpc) is 3.29. The van der Waals surface area contributed by atoms with E-state index in [0.717, 1.165) is 28.2 Å². The molecule has 1 heterocycles. The Labute approximate surface area is 199 Å². The first-order valence-electron chi connectivity index (χ1n) is 10.4. The summed E-state index contributed by atoms with van der Waals surface area (Å²) in [5.41, 5.74) is 3.23. The van der Waals surface area contributed by atoms with Gasteiger partial charge in [0.15, 0.2) is 11.5 Å². The molecule has 0 spiro atoms. The first-order valence-corrected chi connectivity index (χ1v) is 12.4. The molecular weight excluding hydrogens is 462 g/mol. The molecular formula is C23H27N3O5S2. The number of anilines is 1. The summed E-state index contributed by atoms with van der Waals surface area (Å²) in [5.74, 6) is 1.04. The highest BCUT2D eigenvalue weighted by Gasteiger charge is 2.19. The standard InChI is InChI=1S/C23H27N3O5S2/c1-4-17-14-32-23(24-17)19(11-15-5-8-18(9-6-15)26-33(28)29)25-22(27)13-16-7-10-20(30-2)21(12-16)31-3/h5-10,12,14,19,33H,4,11,13H2,1-3H3,(H,25,27)(H,26,28,29)/t19-/m0/s1. The van der Waals surface area contributed by atoms with E-state index in [-0.39, 0.29) is 18.4 Å². The molecule has 0 fully saturated rings. The van der Waals surface area contributed by atoms with Gasteiger partial charge < -0.3 is 14.8 Å². The molecule has 0 saturated carbocycles. The Balaban J connectivity index is 1.76. The van der Waals surface area contributed by atoms with Crippen molar-refractivity contribution in [1.29, 1.82) is 0 Å². The van der Waals surface area contributed by atoms with Gasteiger partial charge in [-0.3, -0.25) is 9.52 Å². The van der Waals surface area contributed by atoms with Crippen LogP contribution in [0, 0.1) is 0 Å². The lowest BCUT2D eigenvalue weighted by atomic mass is 10.0. The van der Waals surface area contributed by atoms with Crippen LogP contribution >= 0.6 is 11.3 Å². The van der Waals surface area contributed by atoms with Crippen molar-refractivity contribution >= 4 is 33.8 Å². The Bertz CT molecular complexity index is 1150. The zero-order valence-corrected chi connectivity index (χ0v) is 20.4. The van der Waals surface area contributed by atoms with Gasteiger partial charge in [-0.05, 0) is 48.2 Å². The Morgan fingerprint density at radius 1 is 1.06 bits per heavy atom. The van der Waals surface area contributed by atoms with Gasteiger partial charge in [-0.15, -0.1) is 11.3 Å². The zero-order chi connectivity index (χ0) is 23.8. The molecule has 0 unspecified atom stereocenters. The molecule has 0 aliphatic heterocycles. The predicted octanol–water partition coefficient (Wildman–Crippen LogP) is 3.30. The number of nitrogens with zero attached hydrogens (tertiary/aromatic N) is 1. The Morgan fingerprint density at radius 3 is 2.36 bits per heavy atom. The molecule has 10 heteroatoms. The van der Waals surface area contributed by atoms with Gasteiger partial charge in [-0.25, -0.2) is 13.4 Å². The lowest BCUT2D eigenvalue weighted by molar-refractivity contribution is -0.121. The van der Waals surface area contributed by atoms with Crippen molar-refractivity contribution in [2.45, 2.75) is 32.2 Å². The van der Waals surface area contributed by atoms with Crippen molar-refractivity contribution in [2.24, 2.45) is 0 Å². The smallest absolute Gasteiger partial charge is 0.224 e. The molecule has 0 aliphatic rings. The van der Waals surface area contributed by atoms with Gasteiger partial charge in [0.05, 0.1) is 32.4 Å². The molecule has 33 heavy (non-hydrogen) atoms. The Morgan fingerprint density at radius 2 is 1.76 bits per heavy atom. The highest BCUT2D eigenvalue weighted by molar-refractivity contribution is 7.73. The first-order chi connectivity index (χ1) is 15.9. The number of aryl methyl sites for hydroxylation is 1.